The predicted molar refractivity (Wildman–Crippen MR) is 290 cm³/mol. The largest absolute Gasteiger partial charge is 0.508 e. The van der Waals surface area contributed by atoms with Crippen molar-refractivity contribution < 1.29 is 87.2 Å². The number of esters is 1. The van der Waals surface area contributed by atoms with Gasteiger partial charge in [0, 0.05) is 19.3 Å². The molecule has 11 amide bonds. The Morgan fingerprint density at radius 1 is 0.573 bits per heavy atom. The van der Waals surface area contributed by atoms with Crippen LogP contribution in [0.3, 0.4) is 0 Å². The number of phenolic OH excluding ortho intramolecular Hbond substituents is 1. The van der Waals surface area contributed by atoms with E-state index in [1.165, 1.54) is 64.3 Å². The van der Waals surface area contributed by atoms with Crippen LogP contribution < -0.4 is 59.3 Å². The molecule has 8 atom stereocenters. The van der Waals surface area contributed by atoms with Crippen LogP contribution >= 0.6 is 0 Å². The Balaban J connectivity index is 2.69. The minimum atomic E-state index is -2.02. The van der Waals surface area contributed by atoms with Gasteiger partial charge in [-0.1, -0.05) is 97.1 Å². The Hall–Kier alpha value is -8.40. The van der Waals surface area contributed by atoms with Gasteiger partial charge in [0.05, 0.1) is 32.4 Å². The van der Waals surface area contributed by atoms with Gasteiger partial charge in [-0.05, 0) is 43.4 Å². The number of amides is 11. The van der Waals surface area contributed by atoms with Crippen LogP contribution in [-0.4, -0.2) is 160 Å². The number of unbranched alkanes of at least 4 members (excludes halogenated alkanes) is 10. The Morgan fingerprint density at radius 3 is 1.50 bits per heavy atom. The molecule has 0 spiro atoms. The molecule has 29 nitrogen and oxygen atoms in total. The average molecular weight is 1160 g/mol. The summed E-state index contributed by atoms with van der Waals surface area (Å²) in [6.45, 7) is 4.35. The second-order valence-corrected chi connectivity index (χ2v) is 20.3. The van der Waals surface area contributed by atoms with E-state index in [0.717, 1.165) is 38.5 Å². The van der Waals surface area contributed by atoms with Gasteiger partial charge in [0.1, 0.15) is 54.1 Å². The number of phenols is 1. The van der Waals surface area contributed by atoms with Crippen LogP contribution in [0.1, 0.15) is 142 Å². The summed E-state index contributed by atoms with van der Waals surface area (Å²) in [4.78, 5) is 185. The van der Waals surface area contributed by atoms with Crippen molar-refractivity contribution in [1.29, 1.82) is 0 Å². The van der Waals surface area contributed by atoms with Gasteiger partial charge in [0.2, 0.25) is 65.0 Å². The predicted octanol–water partition coefficient (Wildman–Crippen LogP) is -2.05. The van der Waals surface area contributed by atoms with E-state index in [1.807, 2.05) is 5.32 Å². The van der Waals surface area contributed by atoms with Gasteiger partial charge >= 0.3 is 17.9 Å². The molecule has 0 aromatic heterocycles. The maximum absolute atomic E-state index is 14.4. The fraction of sp³-hybridized carbons (Fsp3) is 0.623. The molecule has 456 valence electrons. The lowest BCUT2D eigenvalue weighted by Crippen LogP contribution is -2.60. The molecule has 1 aromatic rings. The molecule has 0 radical (unpaired) electrons. The summed E-state index contributed by atoms with van der Waals surface area (Å²) >= 11 is 0. The number of carbonyl (C=O) groups excluding carboxylic acids is 12. The van der Waals surface area contributed by atoms with Crippen molar-refractivity contribution >= 4 is 82.9 Å². The third-order valence-electron chi connectivity index (χ3n) is 12.9. The number of aromatic hydroxyl groups is 1. The van der Waals surface area contributed by atoms with Crippen molar-refractivity contribution in [3.63, 3.8) is 0 Å². The number of rotatable bonds is 25. The highest BCUT2D eigenvalue weighted by Crippen LogP contribution is 2.16. The molecular weight excluding hydrogens is 1080 g/mol. The standard InChI is InChI=1S/C53H81N11O18/c1-5-6-7-8-9-10-11-12-13-14-15-16-40(68)63-46-30(4)82-53(81)45(29(2)3)64-51(79)34(23-31-17-19-32(65)20-18-31)58-41(69)27-56-48(76)37(26-44(73)74)62-50(78)35(24-39(55)67)59-42(70)28-57-47(75)36(25-43(71)72)61-49(77)33(60-52(46)80)21-22-38(54)66/h17-20,29-30,33-37,45-46,65H,5-16,21-28H2,1-4H3,(H2,54,66)(H2,55,67)(H,56,76)(H,57,75)(H,58,69)(H,59,70)(H,60,80)(H,61,77)(H,62,78)(H,63,68)(H,64,79)(H,71,72)(H,73,74)/t30?,33-,34+,35+,36+,37+,45+,46+/m1/s1. The number of primary amides is 2. The minimum Gasteiger partial charge on any atom is -0.508 e. The summed E-state index contributed by atoms with van der Waals surface area (Å²) in [6.07, 6.45) is 4.38. The molecule has 1 aliphatic heterocycles. The van der Waals surface area contributed by atoms with Crippen molar-refractivity contribution in [2.24, 2.45) is 17.4 Å². The number of aliphatic carboxylic acids is 2. The highest BCUT2D eigenvalue weighted by atomic mass is 16.5. The number of carboxylic acids is 2. The summed E-state index contributed by atoms with van der Waals surface area (Å²) < 4.78 is 5.75. The summed E-state index contributed by atoms with van der Waals surface area (Å²) in [6, 6.07) is -7.29. The Bertz CT molecular complexity index is 2400. The van der Waals surface area contributed by atoms with E-state index < -0.39 is 182 Å². The number of hydrogen-bond donors (Lipinski definition) is 14. The Kier molecular flexibility index (Phi) is 31.3. The fourth-order valence-electron chi connectivity index (χ4n) is 8.36. The fourth-order valence-corrected chi connectivity index (χ4v) is 8.36. The monoisotopic (exact) mass is 1160 g/mol. The van der Waals surface area contributed by atoms with Crippen molar-refractivity contribution in [1.82, 2.24) is 47.9 Å². The van der Waals surface area contributed by atoms with E-state index in [2.05, 4.69) is 49.5 Å². The van der Waals surface area contributed by atoms with Gasteiger partial charge in [0.25, 0.3) is 0 Å². The van der Waals surface area contributed by atoms with E-state index in [9.17, 15) is 82.4 Å². The normalized spacial score (nSPS) is 22.4. The molecule has 16 N–H and O–H groups in total. The summed E-state index contributed by atoms with van der Waals surface area (Å²) in [5.41, 5.74) is 11.0. The van der Waals surface area contributed by atoms with Crippen LogP contribution in [0.25, 0.3) is 0 Å². The van der Waals surface area contributed by atoms with E-state index in [-0.39, 0.29) is 18.6 Å². The zero-order chi connectivity index (χ0) is 61.5. The molecule has 0 bridgehead atoms. The average Bonchev–Trinajstić information content (AvgIpc) is 3.49. The summed E-state index contributed by atoms with van der Waals surface area (Å²) in [5, 5.41) is 49.4. The van der Waals surface area contributed by atoms with Crippen LogP contribution in [0, 0.1) is 5.92 Å². The number of carboxylic acid groups (broad SMARTS) is 2. The van der Waals surface area contributed by atoms with E-state index in [0.29, 0.717) is 18.4 Å². The Morgan fingerprint density at radius 2 is 1.02 bits per heavy atom. The molecule has 2 rings (SSSR count). The van der Waals surface area contributed by atoms with Crippen molar-refractivity contribution in [3.05, 3.63) is 29.8 Å². The van der Waals surface area contributed by atoms with E-state index in [4.69, 9.17) is 16.2 Å². The molecule has 29 heteroatoms. The number of carbonyl (C=O) groups is 14. The number of ether oxygens (including phenoxy) is 1. The minimum absolute atomic E-state index is 0.0958. The van der Waals surface area contributed by atoms with Crippen molar-refractivity contribution in [3.8, 4) is 5.75 Å². The number of nitrogens with one attached hydrogen (secondary N) is 9. The molecule has 1 unspecified atom stereocenters. The first-order valence-electron chi connectivity index (χ1n) is 27.3. The van der Waals surface area contributed by atoms with Crippen molar-refractivity contribution in [2.45, 2.75) is 192 Å². The highest BCUT2D eigenvalue weighted by molar-refractivity contribution is 6.00. The first kappa shape index (κ1) is 69.7. The lowest BCUT2D eigenvalue weighted by atomic mass is 10.0. The molecule has 1 saturated heterocycles. The molecule has 1 fully saturated rings. The first-order valence-corrected chi connectivity index (χ1v) is 27.3. The van der Waals surface area contributed by atoms with Gasteiger partial charge in [-0.15, -0.1) is 0 Å². The van der Waals surface area contributed by atoms with E-state index >= 15 is 0 Å². The molecule has 82 heavy (non-hydrogen) atoms. The summed E-state index contributed by atoms with van der Waals surface area (Å²) in [5.74, 6) is -18.0. The van der Waals surface area contributed by atoms with Crippen LogP contribution in [0.4, 0.5) is 0 Å². The third kappa shape index (κ3) is 27.7. The second kappa shape index (κ2) is 36.8. The zero-order valence-electron chi connectivity index (χ0n) is 46.8. The molecule has 1 aliphatic rings. The molecule has 1 heterocycles. The van der Waals surface area contributed by atoms with Crippen LogP contribution in [0.2, 0.25) is 0 Å². The number of nitrogens with two attached hydrogens (primary N) is 2. The first-order chi connectivity index (χ1) is 38.7. The van der Waals surface area contributed by atoms with Gasteiger partial charge in [0.15, 0.2) is 0 Å². The lowest BCUT2D eigenvalue weighted by molar-refractivity contribution is -0.157. The number of hydrogen-bond acceptors (Lipinski definition) is 16. The summed E-state index contributed by atoms with van der Waals surface area (Å²) in [7, 11) is 0. The SMILES string of the molecule is CCCCCCCCCCCCCC(=O)N[C@@H]1C(=O)N[C@H](CCC(N)=O)C(=O)N[C@@H](CC(=O)O)C(=O)NCC(=O)N[C@@H](CC(N)=O)C(=O)N[C@@H](CC(=O)O)C(=O)NCC(=O)N[C@@H](Cc2ccc(O)cc2)C(=O)N[C@@H](C(C)C)C(=O)OC1C. The maximum Gasteiger partial charge on any atom is 0.329 e. The van der Waals surface area contributed by atoms with E-state index in [1.54, 1.807) is 0 Å². The Labute approximate surface area is 474 Å². The van der Waals surface area contributed by atoms with Gasteiger partial charge in [-0.25, -0.2) is 4.79 Å². The third-order valence-corrected chi connectivity index (χ3v) is 12.9. The number of cyclic esters (lactones) is 1. The quantitative estimate of drug-likeness (QED) is 0.0370. The smallest absolute Gasteiger partial charge is 0.329 e. The topological polar surface area (TPSA) is 469 Å². The zero-order valence-corrected chi connectivity index (χ0v) is 46.8. The van der Waals surface area contributed by atoms with Crippen molar-refractivity contribution in [2.75, 3.05) is 13.1 Å². The highest BCUT2D eigenvalue weighted by Gasteiger charge is 2.38. The van der Waals surface area contributed by atoms with Crippen LogP contribution in [0.5, 0.6) is 5.75 Å². The molecule has 1 aromatic carbocycles. The number of benzene rings is 1. The molecule has 0 aliphatic carbocycles. The molecular formula is C53H81N11O18. The second-order valence-electron chi connectivity index (χ2n) is 20.3. The maximum atomic E-state index is 14.4. The van der Waals surface area contributed by atoms with Crippen LogP contribution in [-0.2, 0) is 78.3 Å². The molecule has 0 saturated carbocycles. The van der Waals surface area contributed by atoms with Crippen LogP contribution in [0.15, 0.2) is 24.3 Å². The van der Waals surface area contributed by atoms with Gasteiger partial charge < -0.3 is 79.4 Å². The van der Waals surface area contributed by atoms with Gasteiger partial charge in [-0.3, -0.25) is 62.3 Å². The lowest BCUT2D eigenvalue weighted by Gasteiger charge is -2.30. The van der Waals surface area contributed by atoms with Gasteiger partial charge in [-0.2, -0.15) is 0 Å².